The summed E-state index contributed by atoms with van der Waals surface area (Å²) in [6.45, 7) is 6.17. The highest BCUT2D eigenvalue weighted by Crippen LogP contribution is 2.26. The lowest BCUT2D eigenvalue weighted by Gasteiger charge is -2.20. The Morgan fingerprint density at radius 3 is 2.38 bits per heavy atom. The van der Waals surface area contributed by atoms with Crippen molar-refractivity contribution in [1.29, 1.82) is 0 Å². The second-order valence-electron chi connectivity index (χ2n) is 6.50. The number of hydrogen-bond acceptors (Lipinski definition) is 4. The first-order valence-electron chi connectivity index (χ1n) is 8.23. The molecule has 0 radical (unpaired) electrons. The van der Waals surface area contributed by atoms with Crippen LogP contribution in [0.3, 0.4) is 0 Å². The van der Waals surface area contributed by atoms with Crippen LogP contribution < -0.4 is 4.74 Å². The van der Waals surface area contributed by atoms with Crippen molar-refractivity contribution in [2.45, 2.75) is 32.9 Å². The van der Waals surface area contributed by atoms with Crippen LogP contribution in [0.4, 0.5) is 0 Å². The van der Waals surface area contributed by atoms with Crippen LogP contribution in [0.2, 0.25) is 0 Å². The van der Waals surface area contributed by atoms with E-state index in [1.165, 1.54) is 5.56 Å². The lowest BCUT2D eigenvalue weighted by Crippen LogP contribution is -2.16. The highest BCUT2D eigenvalue weighted by molar-refractivity contribution is 5.66. The Bertz CT molecular complexity index is 821. The lowest BCUT2D eigenvalue weighted by atomic mass is 10.0. The Balaban J connectivity index is 1.98. The van der Waals surface area contributed by atoms with Gasteiger partial charge >= 0.3 is 0 Å². The van der Waals surface area contributed by atoms with E-state index in [4.69, 9.17) is 4.74 Å². The fraction of sp³-hybridized carbons (Fsp3) is 0.368. The Hall–Kier alpha value is -2.40. The van der Waals surface area contributed by atoms with Crippen LogP contribution in [-0.2, 0) is 0 Å². The summed E-state index contributed by atoms with van der Waals surface area (Å²) in [5.74, 6) is 0.566. The van der Waals surface area contributed by atoms with Crippen LogP contribution in [0.5, 0.6) is 5.88 Å². The highest BCUT2D eigenvalue weighted by Gasteiger charge is 2.13. The number of hydrogen-bond donors (Lipinski definition) is 0. The van der Waals surface area contributed by atoms with E-state index in [2.05, 4.69) is 60.2 Å². The molecule has 0 aliphatic carbocycles. The molecule has 2 aromatic heterocycles. The number of fused-ring (bicyclic) bond motifs is 1. The first-order chi connectivity index (χ1) is 11.5. The van der Waals surface area contributed by atoms with Crippen LogP contribution in [0, 0.1) is 0 Å². The van der Waals surface area contributed by atoms with Gasteiger partial charge in [0.1, 0.15) is 0 Å². The minimum Gasteiger partial charge on any atom is -0.472 e. The number of imidazole rings is 1. The quantitative estimate of drug-likeness (QED) is 0.716. The fourth-order valence-corrected chi connectivity index (χ4v) is 2.65. The van der Waals surface area contributed by atoms with E-state index in [-0.39, 0.29) is 6.10 Å². The average molecular weight is 324 g/mol. The number of rotatable bonds is 5. The second kappa shape index (κ2) is 6.61. The molecule has 2 heterocycles. The lowest BCUT2D eigenvalue weighted by molar-refractivity contribution is 0.234. The predicted octanol–water partition coefficient (Wildman–Crippen LogP) is 3.81. The van der Waals surface area contributed by atoms with Gasteiger partial charge in [-0.1, -0.05) is 24.3 Å². The molecule has 0 spiro atoms. The van der Waals surface area contributed by atoms with Gasteiger partial charge in [-0.2, -0.15) is 0 Å². The highest BCUT2D eigenvalue weighted by atomic mass is 16.5. The maximum Gasteiger partial charge on any atom is 0.258 e. The topological polar surface area (TPSA) is 42.7 Å². The van der Waals surface area contributed by atoms with Crippen molar-refractivity contribution >= 4 is 5.65 Å². The molecule has 5 heteroatoms. The third kappa shape index (κ3) is 3.12. The monoisotopic (exact) mass is 324 g/mol. The molecule has 3 aromatic rings. The predicted molar refractivity (Wildman–Crippen MR) is 96.3 cm³/mol. The molecule has 0 saturated heterocycles. The number of aromatic nitrogens is 3. The van der Waals surface area contributed by atoms with E-state index in [0.29, 0.717) is 11.9 Å². The zero-order valence-corrected chi connectivity index (χ0v) is 14.9. The van der Waals surface area contributed by atoms with Gasteiger partial charge in [-0.05, 0) is 40.4 Å². The van der Waals surface area contributed by atoms with Gasteiger partial charge in [-0.15, -0.1) is 0 Å². The molecule has 5 nitrogen and oxygen atoms in total. The zero-order valence-electron chi connectivity index (χ0n) is 14.9. The molecule has 0 fully saturated rings. The maximum atomic E-state index is 5.75. The summed E-state index contributed by atoms with van der Waals surface area (Å²) in [6, 6.07) is 9.01. The SMILES string of the molecule is CC(C)Oc1nccn2c(-c3ccc(C(C)N(C)C)cc3)cnc12. The van der Waals surface area contributed by atoms with Crippen molar-refractivity contribution in [1.82, 2.24) is 19.3 Å². The van der Waals surface area contributed by atoms with Gasteiger partial charge in [-0.25, -0.2) is 9.97 Å². The zero-order chi connectivity index (χ0) is 17.3. The van der Waals surface area contributed by atoms with Crippen LogP contribution in [-0.4, -0.2) is 39.5 Å². The normalized spacial score (nSPS) is 13.0. The minimum atomic E-state index is 0.0654. The van der Waals surface area contributed by atoms with Gasteiger partial charge in [0, 0.05) is 24.0 Å². The van der Waals surface area contributed by atoms with E-state index in [1.54, 1.807) is 6.20 Å². The van der Waals surface area contributed by atoms with Gasteiger partial charge in [0.25, 0.3) is 5.88 Å². The standard InChI is InChI=1S/C19H24N4O/c1-13(2)24-19-18-21-12-17(23(18)11-10-20-19)16-8-6-15(7-9-16)14(3)22(4)5/h6-14H,1-5H3. The van der Waals surface area contributed by atoms with Gasteiger partial charge < -0.3 is 9.64 Å². The summed E-state index contributed by atoms with van der Waals surface area (Å²) in [4.78, 5) is 11.0. The molecule has 0 N–H and O–H groups in total. The third-order valence-electron chi connectivity index (χ3n) is 4.21. The van der Waals surface area contributed by atoms with Crippen molar-refractivity contribution in [2.24, 2.45) is 0 Å². The van der Waals surface area contributed by atoms with Gasteiger partial charge in [0.2, 0.25) is 5.65 Å². The molecule has 126 valence electrons. The molecule has 1 atom stereocenters. The Kier molecular flexibility index (Phi) is 4.53. The fourth-order valence-electron chi connectivity index (χ4n) is 2.65. The molecular formula is C19H24N4O. The molecule has 0 amide bonds. The summed E-state index contributed by atoms with van der Waals surface area (Å²) < 4.78 is 7.78. The van der Waals surface area contributed by atoms with Crippen LogP contribution >= 0.6 is 0 Å². The van der Waals surface area contributed by atoms with Gasteiger partial charge in [-0.3, -0.25) is 4.40 Å². The van der Waals surface area contributed by atoms with Crippen molar-refractivity contribution in [2.75, 3.05) is 14.1 Å². The molecular weight excluding hydrogens is 300 g/mol. The van der Waals surface area contributed by atoms with Crippen molar-refractivity contribution in [3.8, 4) is 17.1 Å². The third-order valence-corrected chi connectivity index (χ3v) is 4.21. The summed E-state index contributed by atoms with van der Waals surface area (Å²) in [6.07, 6.45) is 5.60. The first-order valence-corrected chi connectivity index (χ1v) is 8.23. The maximum absolute atomic E-state index is 5.75. The van der Waals surface area contributed by atoms with E-state index < -0.39 is 0 Å². The average Bonchev–Trinajstić information content (AvgIpc) is 2.99. The molecule has 0 saturated carbocycles. The van der Waals surface area contributed by atoms with E-state index in [1.807, 2.05) is 30.6 Å². The number of ether oxygens (including phenoxy) is 1. The van der Waals surface area contributed by atoms with Gasteiger partial charge in [0.15, 0.2) is 0 Å². The van der Waals surface area contributed by atoms with Crippen LogP contribution in [0.25, 0.3) is 16.9 Å². The molecule has 24 heavy (non-hydrogen) atoms. The summed E-state index contributed by atoms with van der Waals surface area (Å²) >= 11 is 0. The Labute approximate surface area is 142 Å². The van der Waals surface area contributed by atoms with Crippen LogP contribution in [0.15, 0.2) is 42.9 Å². The summed E-state index contributed by atoms with van der Waals surface area (Å²) in [5.41, 5.74) is 4.19. The first kappa shape index (κ1) is 16.5. The van der Waals surface area contributed by atoms with Crippen LogP contribution in [0.1, 0.15) is 32.4 Å². The Morgan fingerprint density at radius 2 is 1.75 bits per heavy atom. The minimum absolute atomic E-state index is 0.0654. The molecule has 3 rings (SSSR count). The van der Waals surface area contributed by atoms with E-state index in [0.717, 1.165) is 16.9 Å². The smallest absolute Gasteiger partial charge is 0.258 e. The molecule has 0 aliphatic rings. The summed E-state index contributed by atoms with van der Waals surface area (Å²) in [7, 11) is 4.18. The summed E-state index contributed by atoms with van der Waals surface area (Å²) in [5, 5.41) is 0. The number of nitrogens with zero attached hydrogens (tertiary/aromatic N) is 4. The van der Waals surface area contributed by atoms with Gasteiger partial charge in [0.05, 0.1) is 18.0 Å². The molecule has 1 unspecified atom stereocenters. The second-order valence-corrected chi connectivity index (χ2v) is 6.50. The Morgan fingerprint density at radius 1 is 1.04 bits per heavy atom. The van der Waals surface area contributed by atoms with Crippen molar-refractivity contribution in [3.05, 3.63) is 48.4 Å². The van der Waals surface area contributed by atoms with Crippen molar-refractivity contribution in [3.63, 3.8) is 0 Å². The molecule has 1 aromatic carbocycles. The van der Waals surface area contributed by atoms with Crippen molar-refractivity contribution < 1.29 is 4.74 Å². The largest absolute Gasteiger partial charge is 0.472 e. The molecule has 0 bridgehead atoms. The number of benzene rings is 1. The van der Waals surface area contributed by atoms with E-state index in [9.17, 15) is 0 Å². The van der Waals surface area contributed by atoms with E-state index >= 15 is 0 Å². The molecule has 0 aliphatic heterocycles.